The third-order valence-corrected chi connectivity index (χ3v) is 5.13. The lowest BCUT2D eigenvalue weighted by molar-refractivity contribution is 0.156. The van der Waals surface area contributed by atoms with Crippen LogP contribution < -0.4 is 11.3 Å². The highest BCUT2D eigenvalue weighted by Crippen LogP contribution is 2.51. The van der Waals surface area contributed by atoms with Gasteiger partial charge in [-0.25, -0.2) is 0 Å². The SMILES string of the molecule is CC(C)CC1(C(NN)c2ccc(C(C)C)cc2)CCCC1. The second-order valence-corrected chi connectivity index (χ2v) is 7.59. The highest BCUT2D eigenvalue weighted by Gasteiger charge is 2.41. The minimum absolute atomic E-state index is 0.281. The Morgan fingerprint density at radius 3 is 1.95 bits per heavy atom. The molecule has 0 aromatic heterocycles. The molecule has 0 aliphatic heterocycles. The van der Waals surface area contributed by atoms with E-state index in [1.807, 2.05) is 0 Å². The molecule has 1 aliphatic rings. The standard InChI is InChI=1S/C19H32N2/c1-14(2)13-19(11-5-6-12-19)18(21-20)17-9-7-16(8-10-17)15(3)4/h7-10,14-15,18,21H,5-6,11-13,20H2,1-4H3. The minimum atomic E-state index is 0.281. The van der Waals surface area contributed by atoms with Gasteiger partial charge in [0.05, 0.1) is 6.04 Å². The summed E-state index contributed by atoms with van der Waals surface area (Å²) in [7, 11) is 0. The maximum absolute atomic E-state index is 5.99. The van der Waals surface area contributed by atoms with Crippen molar-refractivity contribution in [2.24, 2.45) is 17.2 Å². The van der Waals surface area contributed by atoms with Gasteiger partial charge in [0, 0.05) is 0 Å². The van der Waals surface area contributed by atoms with Gasteiger partial charge in [-0.1, -0.05) is 64.8 Å². The van der Waals surface area contributed by atoms with Crippen molar-refractivity contribution >= 4 is 0 Å². The van der Waals surface area contributed by atoms with E-state index in [1.54, 1.807) is 0 Å². The summed E-state index contributed by atoms with van der Waals surface area (Å²) in [5.41, 5.74) is 6.24. The molecule has 1 saturated carbocycles. The van der Waals surface area contributed by atoms with Crippen LogP contribution >= 0.6 is 0 Å². The maximum atomic E-state index is 5.99. The quantitative estimate of drug-likeness (QED) is 0.576. The smallest absolute Gasteiger partial charge is 0.0516 e. The van der Waals surface area contributed by atoms with Gasteiger partial charge < -0.3 is 0 Å². The molecule has 118 valence electrons. The van der Waals surface area contributed by atoms with E-state index >= 15 is 0 Å². The number of hydrazine groups is 1. The topological polar surface area (TPSA) is 38.0 Å². The van der Waals surface area contributed by atoms with E-state index in [9.17, 15) is 0 Å². The third kappa shape index (κ3) is 3.67. The summed E-state index contributed by atoms with van der Waals surface area (Å²) in [5, 5.41) is 0. The minimum Gasteiger partial charge on any atom is -0.271 e. The number of nitrogens with one attached hydrogen (secondary N) is 1. The number of benzene rings is 1. The summed E-state index contributed by atoms with van der Waals surface area (Å²) in [6, 6.07) is 9.37. The van der Waals surface area contributed by atoms with Crippen LogP contribution in [0.5, 0.6) is 0 Å². The van der Waals surface area contributed by atoms with Gasteiger partial charge in [-0.05, 0) is 47.6 Å². The molecule has 2 rings (SSSR count). The Morgan fingerprint density at radius 2 is 1.52 bits per heavy atom. The van der Waals surface area contributed by atoms with Crippen LogP contribution in [0.4, 0.5) is 0 Å². The third-order valence-electron chi connectivity index (χ3n) is 5.13. The summed E-state index contributed by atoms with van der Waals surface area (Å²) in [5.74, 6) is 7.29. The molecule has 3 N–H and O–H groups in total. The average Bonchev–Trinajstić information content (AvgIpc) is 2.88. The summed E-state index contributed by atoms with van der Waals surface area (Å²) in [4.78, 5) is 0. The Bertz CT molecular complexity index is 427. The van der Waals surface area contributed by atoms with Crippen LogP contribution in [0, 0.1) is 11.3 Å². The van der Waals surface area contributed by atoms with Crippen molar-refractivity contribution in [1.29, 1.82) is 0 Å². The largest absolute Gasteiger partial charge is 0.271 e. The molecule has 0 bridgehead atoms. The molecule has 0 spiro atoms. The van der Waals surface area contributed by atoms with Crippen molar-refractivity contribution in [3.63, 3.8) is 0 Å². The Kier molecular flexibility index (Phi) is 5.45. The monoisotopic (exact) mass is 288 g/mol. The highest BCUT2D eigenvalue weighted by molar-refractivity contribution is 5.28. The molecule has 1 aliphatic carbocycles. The van der Waals surface area contributed by atoms with Crippen molar-refractivity contribution in [3.05, 3.63) is 35.4 Å². The van der Waals surface area contributed by atoms with E-state index < -0.39 is 0 Å². The molecule has 2 heteroatoms. The second-order valence-electron chi connectivity index (χ2n) is 7.59. The van der Waals surface area contributed by atoms with Crippen molar-refractivity contribution in [2.75, 3.05) is 0 Å². The van der Waals surface area contributed by atoms with Crippen molar-refractivity contribution in [2.45, 2.75) is 71.8 Å². The summed E-state index contributed by atoms with van der Waals surface area (Å²) < 4.78 is 0. The Balaban J connectivity index is 2.27. The van der Waals surface area contributed by atoms with E-state index in [2.05, 4.69) is 57.4 Å². The van der Waals surface area contributed by atoms with E-state index in [0.717, 1.165) is 0 Å². The lowest BCUT2D eigenvalue weighted by Gasteiger charge is -2.39. The van der Waals surface area contributed by atoms with Gasteiger partial charge in [-0.15, -0.1) is 0 Å². The molecule has 1 aromatic carbocycles. The zero-order valence-electron chi connectivity index (χ0n) is 14.2. The fourth-order valence-corrected chi connectivity index (χ4v) is 4.20. The molecule has 2 nitrogen and oxygen atoms in total. The molecule has 0 heterocycles. The number of rotatable bonds is 6. The van der Waals surface area contributed by atoms with Crippen LogP contribution in [-0.4, -0.2) is 0 Å². The van der Waals surface area contributed by atoms with E-state index in [1.165, 1.54) is 43.2 Å². The Morgan fingerprint density at radius 1 is 1.00 bits per heavy atom. The molecule has 1 unspecified atom stereocenters. The molecule has 21 heavy (non-hydrogen) atoms. The first-order chi connectivity index (χ1) is 9.98. The van der Waals surface area contributed by atoms with Crippen LogP contribution in [-0.2, 0) is 0 Å². The predicted octanol–water partition coefficient (Wildman–Crippen LogP) is 4.92. The lowest BCUT2D eigenvalue weighted by Crippen LogP contribution is -2.41. The fraction of sp³-hybridized carbons (Fsp3) is 0.684. The number of nitrogens with two attached hydrogens (primary N) is 1. The van der Waals surface area contributed by atoms with Gasteiger partial charge in [-0.2, -0.15) is 0 Å². The molecular weight excluding hydrogens is 256 g/mol. The first-order valence-electron chi connectivity index (χ1n) is 8.54. The van der Waals surface area contributed by atoms with E-state index in [-0.39, 0.29) is 6.04 Å². The van der Waals surface area contributed by atoms with Gasteiger partial charge in [0.1, 0.15) is 0 Å². The molecule has 0 radical (unpaired) electrons. The first kappa shape index (κ1) is 16.5. The molecule has 1 aromatic rings. The molecule has 1 atom stereocenters. The summed E-state index contributed by atoms with van der Waals surface area (Å²) in [6.07, 6.45) is 6.54. The second kappa shape index (κ2) is 6.93. The Hall–Kier alpha value is -0.860. The van der Waals surface area contributed by atoms with Gasteiger partial charge in [0.25, 0.3) is 0 Å². The zero-order valence-corrected chi connectivity index (χ0v) is 14.2. The number of hydrogen-bond acceptors (Lipinski definition) is 2. The highest BCUT2D eigenvalue weighted by atomic mass is 15.2. The normalized spacial score (nSPS) is 19.4. The van der Waals surface area contributed by atoms with E-state index in [0.29, 0.717) is 17.3 Å². The molecule has 0 amide bonds. The van der Waals surface area contributed by atoms with E-state index in [4.69, 9.17) is 5.84 Å². The molecule has 0 saturated heterocycles. The fourth-order valence-electron chi connectivity index (χ4n) is 4.20. The molecular formula is C19H32N2. The van der Waals surface area contributed by atoms with Crippen LogP contribution in [0.1, 0.15) is 82.9 Å². The maximum Gasteiger partial charge on any atom is 0.0516 e. The average molecular weight is 288 g/mol. The zero-order chi connectivity index (χ0) is 15.5. The lowest BCUT2D eigenvalue weighted by atomic mass is 9.70. The van der Waals surface area contributed by atoms with Crippen molar-refractivity contribution in [1.82, 2.24) is 5.43 Å². The van der Waals surface area contributed by atoms with Crippen LogP contribution in [0.25, 0.3) is 0 Å². The van der Waals surface area contributed by atoms with Crippen LogP contribution in [0.15, 0.2) is 24.3 Å². The van der Waals surface area contributed by atoms with Gasteiger partial charge in [0.15, 0.2) is 0 Å². The van der Waals surface area contributed by atoms with Crippen molar-refractivity contribution in [3.8, 4) is 0 Å². The summed E-state index contributed by atoms with van der Waals surface area (Å²) in [6.45, 7) is 9.14. The van der Waals surface area contributed by atoms with Crippen LogP contribution in [0.2, 0.25) is 0 Å². The first-order valence-corrected chi connectivity index (χ1v) is 8.54. The predicted molar refractivity (Wildman–Crippen MR) is 91.0 cm³/mol. The van der Waals surface area contributed by atoms with Gasteiger partial charge in [0.2, 0.25) is 0 Å². The summed E-state index contributed by atoms with van der Waals surface area (Å²) >= 11 is 0. The van der Waals surface area contributed by atoms with Gasteiger partial charge in [-0.3, -0.25) is 11.3 Å². The Labute approximate surface area is 130 Å². The van der Waals surface area contributed by atoms with Crippen molar-refractivity contribution < 1.29 is 0 Å². The number of hydrogen-bond donors (Lipinski definition) is 2. The van der Waals surface area contributed by atoms with Crippen LogP contribution in [0.3, 0.4) is 0 Å². The molecule has 1 fully saturated rings. The van der Waals surface area contributed by atoms with Gasteiger partial charge >= 0.3 is 0 Å².